The number of benzene rings is 2. The number of para-hydroxylation sites is 2. The highest BCUT2D eigenvalue weighted by atomic mass is 19.1. The Balaban J connectivity index is 2.10. The van der Waals surface area contributed by atoms with Gasteiger partial charge in [-0.3, -0.25) is 4.57 Å². The van der Waals surface area contributed by atoms with Gasteiger partial charge in [-0.15, -0.1) is 0 Å². The topological polar surface area (TPSA) is 48.5 Å². The van der Waals surface area contributed by atoms with Gasteiger partial charge in [0.1, 0.15) is 5.75 Å². The van der Waals surface area contributed by atoms with Crippen LogP contribution in [0.5, 0.6) is 5.75 Å². The Morgan fingerprint density at radius 3 is 2.50 bits per heavy atom. The number of hydrogen-bond acceptors (Lipinski definition) is 3. The molecule has 2 aromatic heterocycles. The normalized spacial score (nSPS) is 11.3. The van der Waals surface area contributed by atoms with Gasteiger partial charge in [0.2, 0.25) is 0 Å². The van der Waals surface area contributed by atoms with E-state index in [0.29, 0.717) is 22.3 Å². The lowest BCUT2D eigenvalue weighted by molar-refractivity contribution is 0.415. The molecule has 120 valence electrons. The molecule has 0 N–H and O–H groups in total. The number of methoxy groups -OCH3 is 1. The van der Waals surface area contributed by atoms with Gasteiger partial charge < -0.3 is 4.74 Å². The third-order valence-corrected chi connectivity index (χ3v) is 4.14. The first-order valence-electron chi connectivity index (χ1n) is 7.42. The van der Waals surface area contributed by atoms with Crippen molar-refractivity contribution < 1.29 is 9.13 Å². The van der Waals surface area contributed by atoms with Crippen LogP contribution >= 0.6 is 0 Å². The lowest BCUT2D eigenvalue weighted by atomic mass is 10.1. The van der Waals surface area contributed by atoms with Crippen LogP contribution < -0.4 is 10.4 Å². The van der Waals surface area contributed by atoms with Gasteiger partial charge in [0, 0.05) is 12.6 Å². The van der Waals surface area contributed by atoms with Crippen LogP contribution in [0.15, 0.2) is 53.3 Å². The predicted octanol–water partition coefficient (Wildman–Crippen LogP) is 3.00. The zero-order chi connectivity index (χ0) is 16.8. The van der Waals surface area contributed by atoms with E-state index >= 15 is 4.39 Å². The molecule has 4 rings (SSSR count). The minimum absolute atomic E-state index is 0.0325. The maximum atomic E-state index is 15.1. The van der Waals surface area contributed by atoms with Crippen LogP contribution in [0.2, 0.25) is 0 Å². The van der Waals surface area contributed by atoms with Crippen molar-refractivity contribution in [2.75, 3.05) is 7.11 Å². The quantitative estimate of drug-likeness (QED) is 0.570. The molecule has 0 spiro atoms. The predicted molar refractivity (Wildman–Crippen MR) is 89.9 cm³/mol. The fraction of sp³-hybridized carbons (Fsp3) is 0.111. The second kappa shape index (κ2) is 5.19. The molecule has 5 nitrogen and oxygen atoms in total. The fourth-order valence-electron chi connectivity index (χ4n) is 2.93. The number of rotatable bonds is 2. The molecule has 0 aliphatic rings. The van der Waals surface area contributed by atoms with Crippen LogP contribution in [0.25, 0.3) is 27.9 Å². The summed E-state index contributed by atoms with van der Waals surface area (Å²) < 4.78 is 22.9. The maximum Gasteiger partial charge on any atom is 0.334 e. The van der Waals surface area contributed by atoms with Crippen molar-refractivity contribution in [3.8, 4) is 17.0 Å². The number of imidazole rings is 1. The van der Waals surface area contributed by atoms with Gasteiger partial charge in [0.05, 0.1) is 23.8 Å². The molecule has 0 amide bonds. The summed E-state index contributed by atoms with van der Waals surface area (Å²) in [6.45, 7) is 0. The summed E-state index contributed by atoms with van der Waals surface area (Å²) in [5, 5.41) is 0. The van der Waals surface area contributed by atoms with E-state index in [-0.39, 0.29) is 17.0 Å². The van der Waals surface area contributed by atoms with Gasteiger partial charge in [0.15, 0.2) is 11.5 Å². The fourth-order valence-corrected chi connectivity index (χ4v) is 2.93. The van der Waals surface area contributed by atoms with E-state index < -0.39 is 5.82 Å². The Labute approximate surface area is 136 Å². The summed E-state index contributed by atoms with van der Waals surface area (Å²) >= 11 is 0. The molecule has 0 aliphatic carbocycles. The highest BCUT2D eigenvalue weighted by Crippen LogP contribution is 2.27. The Kier molecular flexibility index (Phi) is 3.13. The molecule has 0 fully saturated rings. The molecule has 0 saturated heterocycles. The lowest BCUT2D eigenvalue weighted by Gasteiger charge is -2.11. The SMILES string of the molecule is COc1ccc(-c2c(F)c3nc4ccccc4n3c(=O)n2C)cc1. The minimum atomic E-state index is -0.529. The second-order valence-electron chi connectivity index (χ2n) is 5.49. The molecule has 0 atom stereocenters. The Hall–Kier alpha value is -3.15. The first-order valence-corrected chi connectivity index (χ1v) is 7.42. The van der Waals surface area contributed by atoms with E-state index in [9.17, 15) is 4.79 Å². The Morgan fingerprint density at radius 2 is 1.79 bits per heavy atom. The molecule has 0 unspecified atom stereocenters. The van der Waals surface area contributed by atoms with Gasteiger partial charge in [0.25, 0.3) is 0 Å². The largest absolute Gasteiger partial charge is 0.497 e. The van der Waals surface area contributed by atoms with Crippen LogP contribution in [0.3, 0.4) is 0 Å². The van der Waals surface area contributed by atoms with E-state index in [1.165, 1.54) is 8.97 Å². The van der Waals surface area contributed by atoms with E-state index in [2.05, 4.69) is 4.98 Å². The van der Waals surface area contributed by atoms with Crippen molar-refractivity contribution in [3.63, 3.8) is 0 Å². The van der Waals surface area contributed by atoms with Gasteiger partial charge in [-0.25, -0.2) is 18.6 Å². The molecule has 6 heteroatoms. The van der Waals surface area contributed by atoms with E-state index in [0.717, 1.165) is 0 Å². The second-order valence-corrected chi connectivity index (χ2v) is 5.49. The van der Waals surface area contributed by atoms with Gasteiger partial charge >= 0.3 is 5.69 Å². The number of hydrogen-bond donors (Lipinski definition) is 0. The average Bonchev–Trinajstić information content (AvgIpc) is 3.00. The molecule has 0 aliphatic heterocycles. The van der Waals surface area contributed by atoms with E-state index in [1.807, 2.05) is 6.07 Å². The number of nitrogens with zero attached hydrogens (tertiary/aromatic N) is 3. The highest BCUT2D eigenvalue weighted by Gasteiger charge is 2.19. The van der Waals surface area contributed by atoms with Gasteiger partial charge in [-0.05, 0) is 36.4 Å². The van der Waals surface area contributed by atoms with Crippen LogP contribution in [-0.2, 0) is 7.05 Å². The van der Waals surface area contributed by atoms with Crippen molar-refractivity contribution in [3.05, 3.63) is 64.8 Å². The van der Waals surface area contributed by atoms with Crippen molar-refractivity contribution in [1.29, 1.82) is 0 Å². The highest BCUT2D eigenvalue weighted by molar-refractivity contribution is 5.81. The maximum absolute atomic E-state index is 15.1. The lowest BCUT2D eigenvalue weighted by Crippen LogP contribution is -2.27. The Bertz CT molecular complexity index is 1130. The number of ether oxygens (including phenoxy) is 1. The summed E-state index contributed by atoms with van der Waals surface area (Å²) in [6, 6.07) is 14.0. The van der Waals surface area contributed by atoms with Crippen molar-refractivity contribution in [2.24, 2.45) is 7.05 Å². The summed E-state index contributed by atoms with van der Waals surface area (Å²) in [7, 11) is 3.12. The molecule has 4 aromatic rings. The molecular weight excluding hydrogens is 309 g/mol. The summed E-state index contributed by atoms with van der Waals surface area (Å²) in [5.74, 6) is 0.134. The van der Waals surface area contributed by atoms with Crippen LogP contribution in [0, 0.1) is 5.82 Å². The first-order chi connectivity index (χ1) is 11.6. The molecule has 24 heavy (non-hydrogen) atoms. The molecule has 0 bridgehead atoms. The van der Waals surface area contributed by atoms with Crippen LogP contribution in [-0.4, -0.2) is 21.1 Å². The molecule has 0 saturated carbocycles. The zero-order valence-corrected chi connectivity index (χ0v) is 13.2. The summed E-state index contributed by atoms with van der Waals surface area (Å²) in [6.07, 6.45) is 0. The molecule has 2 aromatic carbocycles. The standard InChI is InChI=1S/C18H14FN3O2/c1-21-16(11-7-9-12(24-2)10-8-11)15(19)17-20-13-5-3-4-6-14(13)22(17)18(21)23/h3-10H,1-2H3. The zero-order valence-electron chi connectivity index (χ0n) is 13.2. The third kappa shape index (κ3) is 1.93. The number of halogens is 1. The summed E-state index contributed by atoms with van der Waals surface area (Å²) in [5.41, 5.74) is 1.65. The number of fused-ring (bicyclic) bond motifs is 3. The summed E-state index contributed by atoms with van der Waals surface area (Å²) in [4.78, 5) is 17.1. The molecule has 0 radical (unpaired) electrons. The number of aromatic nitrogens is 3. The van der Waals surface area contributed by atoms with E-state index in [4.69, 9.17) is 4.74 Å². The first kappa shape index (κ1) is 14.4. The smallest absolute Gasteiger partial charge is 0.334 e. The van der Waals surface area contributed by atoms with Crippen LogP contribution in [0.1, 0.15) is 0 Å². The third-order valence-electron chi connectivity index (χ3n) is 4.14. The molecule has 2 heterocycles. The van der Waals surface area contributed by atoms with Crippen LogP contribution in [0.4, 0.5) is 4.39 Å². The van der Waals surface area contributed by atoms with Gasteiger partial charge in [-0.2, -0.15) is 0 Å². The monoisotopic (exact) mass is 323 g/mol. The average molecular weight is 323 g/mol. The molecular formula is C18H14FN3O2. The van der Waals surface area contributed by atoms with E-state index in [1.54, 1.807) is 56.6 Å². The Morgan fingerprint density at radius 1 is 1.08 bits per heavy atom. The minimum Gasteiger partial charge on any atom is -0.497 e. The van der Waals surface area contributed by atoms with Crippen molar-refractivity contribution in [2.45, 2.75) is 0 Å². The van der Waals surface area contributed by atoms with Crippen molar-refractivity contribution in [1.82, 2.24) is 14.0 Å². The van der Waals surface area contributed by atoms with Crippen molar-refractivity contribution >= 4 is 16.7 Å². The van der Waals surface area contributed by atoms with Gasteiger partial charge in [-0.1, -0.05) is 12.1 Å².